The molecule has 0 N–H and O–H groups in total. The minimum absolute atomic E-state index is 0.0793. The van der Waals surface area contributed by atoms with Crippen LogP contribution >= 0.6 is 7.82 Å². The zero-order chi connectivity index (χ0) is 17.1. The number of benzene rings is 1. The molecule has 0 radical (unpaired) electrons. The van der Waals surface area contributed by atoms with Crippen molar-refractivity contribution in [1.82, 2.24) is 4.90 Å². The van der Waals surface area contributed by atoms with Gasteiger partial charge in [0.05, 0.1) is 13.2 Å². The van der Waals surface area contributed by atoms with Crippen molar-refractivity contribution < 1.29 is 27.7 Å². The molecule has 1 aromatic rings. The first kappa shape index (κ1) is 19.4. The maximum Gasteiger partial charge on any atom is 0.530 e. The number of rotatable bonds is 11. The van der Waals surface area contributed by atoms with Crippen LogP contribution in [-0.2, 0) is 23.1 Å². The fourth-order valence-electron chi connectivity index (χ4n) is 1.39. The fraction of sp³-hybridized carbons (Fsp3) is 0.400. The number of carbonyl (C=O) groups excluding carboxylic acids is 1. The normalized spacial score (nSPS) is 13.3. The molecule has 8 heteroatoms. The van der Waals surface area contributed by atoms with E-state index in [2.05, 4.69) is 6.58 Å². The molecule has 0 heterocycles. The molecule has 128 valence electrons. The molecule has 0 aromatic heterocycles. The van der Waals surface area contributed by atoms with Gasteiger partial charge in [0.15, 0.2) is 0 Å². The van der Waals surface area contributed by atoms with Crippen LogP contribution in [-0.4, -0.2) is 51.3 Å². The van der Waals surface area contributed by atoms with Gasteiger partial charge in [0, 0.05) is 12.6 Å². The highest BCUT2D eigenvalue weighted by atomic mass is 31.2. The van der Waals surface area contributed by atoms with Crippen LogP contribution in [0, 0.1) is 0 Å². The lowest BCUT2D eigenvalue weighted by Crippen LogP contribution is -2.19. The molecule has 1 rings (SSSR count). The predicted octanol–water partition coefficient (Wildman–Crippen LogP) is 2.50. The van der Waals surface area contributed by atoms with Gasteiger partial charge in [-0.05, 0) is 26.2 Å². The summed E-state index contributed by atoms with van der Waals surface area (Å²) in [6.45, 7) is 3.80. The van der Waals surface area contributed by atoms with Gasteiger partial charge in [-0.25, -0.2) is 9.36 Å². The molecule has 23 heavy (non-hydrogen) atoms. The minimum Gasteiger partial charge on any atom is -0.460 e. The van der Waals surface area contributed by atoms with Crippen LogP contribution in [0.4, 0.5) is 0 Å². The molecule has 0 spiro atoms. The van der Waals surface area contributed by atoms with Crippen LogP contribution in [0.3, 0.4) is 0 Å². The third-order valence-electron chi connectivity index (χ3n) is 2.49. The first-order chi connectivity index (χ1) is 10.9. The van der Waals surface area contributed by atoms with Crippen molar-refractivity contribution in [3.05, 3.63) is 43.0 Å². The van der Waals surface area contributed by atoms with Crippen LogP contribution in [0.1, 0.15) is 0 Å². The molecule has 7 nitrogen and oxygen atoms in total. The molecule has 0 bridgehead atoms. The van der Waals surface area contributed by atoms with Crippen molar-refractivity contribution >= 4 is 13.8 Å². The highest BCUT2D eigenvalue weighted by molar-refractivity contribution is 7.48. The molecule has 0 amide bonds. The number of hydrogen-bond donors (Lipinski definition) is 0. The number of phosphoric ester groups is 1. The van der Waals surface area contributed by atoms with E-state index in [1.165, 1.54) is 0 Å². The average Bonchev–Trinajstić information content (AvgIpc) is 2.52. The van der Waals surface area contributed by atoms with E-state index in [1.54, 1.807) is 30.3 Å². The molecule has 1 unspecified atom stereocenters. The number of para-hydroxylation sites is 1. The smallest absolute Gasteiger partial charge is 0.460 e. The number of likely N-dealkylation sites (N-methyl/N-ethyl adjacent to an activating group) is 1. The van der Waals surface area contributed by atoms with E-state index in [4.69, 9.17) is 18.3 Å². The minimum atomic E-state index is -3.81. The summed E-state index contributed by atoms with van der Waals surface area (Å²) in [5.74, 6) is -0.218. The third kappa shape index (κ3) is 8.52. The van der Waals surface area contributed by atoms with Crippen molar-refractivity contribution in [1.29, 1.82) is 0 Å². The van der Waals surface area contributed by atoms with E-state index >= 15 is 0 Å². The molecular weight excluding hydrogens is 321 g/mol. The summed E-state index contributed by atoms with van der Waals surface area (Å²) in [5.41, 5.74) is 0. The molecule has 0 aliphatic heterocycles. The molecule has 0 aliphatic carbocycles. The van der Waals surface area contributed by atoms with E-state index in [-0.39, 0.29) is 19.8 Å². The first-order valence-corrected chi connectivity index (χ1v) is 8.49. The SMILES string of the molecule is C=CC(=O)OCCOP(=O)(OCCN(C)C)Oc1ccccc1. The van der Waals surface area contributed by atoms with Gasteiger partial charge >= 0.3 is 13.8 Å². The van der Waals surface area contributed by atoms with E-state index in [9.17, 15) is 9.36 Å². The monoisotopic (exact) mass is 343 g/mol. The summed E-state index contributed by atoms with van der Waals surface area (Å²) < 4.78 is 33.2. The van der Waals surface area contributed by atoms with Crippen LogP contribution in [0.15, 0.2) is 43.0 Å². The zero-order valence-electron chi connectivity index (χ0n) is 13.3. The van der Waals surface area contributed by atoms with Crippen molar-refractivity contribution in [2.45, 2.75) is 0 Å². The van der Waals surface area contributed by atoms with Gasteiger partial charge in [0.1, 0.15) is 12.4 Å². The predicted molar refractivity (Wildman–Crippen MR) is 86.3 cm³/mol. The van der Waals surface area contributed by atoms with Crippen molar-refractivity contribution in [2.24, 2.45) is 0 Å². The van der Waals surface area contributed by atoms with E-state index in [1.807, 2.05) is 19.0 Å². The van der Waals surface area contributed by atoms with Crippen LogP contribution in [0.25, 0.3) is 0 Å². The van der Waals surface area contributed by atoms with Gasteiger partial charge in [-0.3, -0.25) is 9.05 Å². The number of esters is 1. The van der Waals surface area contributed by atoms with Gasteiger partial charge in [-0.2, -0.15) is 0 Å². The maximum absolute atomic E-state index is 12.6. The Morgan fingerprint density at radius 3 is 2.43 bits per heavy atom. The Labute approximate surface area is 136 Å². The average molecular weight is 343 g/mol. The van der Waals surface area contributed by atoms with Crippen LogP contribution in [0.5, 0.6) is 5.75 Å². The quantitative estimate of drug-likeness (QED) is 0.264. The zero-order valence-corrected chi connectivity index (χ0v) is 14.2. The topological polar surface area (TPSA) is 74.3 Å². The lowest BCUT2D eigenvalue weighted by Gasteiger charge is -2.19. The van der Waals surface area contributed by atoms with E-state index in [0.29, 0.717) is 12.3 Å². The molecule has 0 aliphatic rings. The summed E-state index contributed by atoms with van der Waals surface area (Å²) >= 11 is 0. The maximum atomic E-state index is 12.6. The molecule has 0 fully saturated rings. The lowest BCUT2D eigenvalue weighted by molar-refractivity contribution is -0.138. The number of carbonyl (C=O) groups is 1. The van der Waals surface area contributed by atoms with Gasteiger partial charge in [0.2, 0.25) is 0 Å². The van der Waals surface area contributed by atoms with Crippen LogP contribution < -0.4 is 4.52 Å². The second kappa shape index (κ2) is 10.2. The summed E-state index contributed by atoms with van der Waals surface area (Å²) in [6, 6.07) is 8.57. The summed E-state index contributed by atoms with van der Waals surface area (Å²) in [6.07, 6.45) is 1.04. The lowest BCUT2D eigenvalue weighted by atomic mass is 10.3. The summed E-state index contributed by atoms with van der Waals surface area (Å²) in [5, 5.41) is 0. The van der Waals surface area contributed by atoms with E-state index in [0.717, 1.165) is 6.08 Å². The highest BCUT2D eigenvalue weighted by Gasteiger charge is 2.28. The Bertz CT molecular complexity index is 534. The molecule has 0 saturated carbocycles. The molecule has 0 saturated heterocycles. The standard InChI is InChI=1S/C15H22NO6P/c1-4-15(17)19-12-13-21-23(18,20-11-10-16(2)3)22-14-8-6-5-7-9-14/h4-9H,1,10-13H2,2-3H3. The Kier molecular flexibility index (Phi) is 8.58. The Balaban J connectivity index is 2.58. The van der Waals surface area contributed by atoms with Crippen molar-refractivity contribution in [3.8, 4) is 5.75 Å². The summed E-state index contributed by atoms with van der Waals surface area (Å²) in [7, 11) is -0.0836. The first-order valence-electron chi connectivity index (χ1n) is 7.03. The molecular formula is C15H22NO6P. The van der Waals surface area contributed by atoms with Crippen LogP contribution in [0.2, 0.25) is 0 Å². The van der Waals surface area contributed by atoms with Crippen molar-refractivity contribution in [2.75, 3.05) is 40.5 Å². The Hall–Kier alpha value is -1.66. The molecule has 1 aromatic carbocycles. The number of phosphoric acid groups is 1. The van der Waals surface area contributed by atoms with Gasteiger partial charge in [0.25, 0.3) is 0 Å². The summed E-state index contributed by atoms with van der Waals surface area (Å²) in [4.78, 5) is 12.8. The second-order valence-corrected chi connectivity index (χ2v) is 6.29. The van der Waals surface area contributed by atoms with Gasteiger partial charge in [-0.1, -0.05) is 24.8 Å². The van der Waals surface area contributed by atoms with Gasteiger partial charge in [-0.15, -0.1) is 0 Å². The molecule has 1 atom stereocenters. The number of nitrogens with zero attached hydrogens (tertiary/aromatic N) is 1. The van der Waals surface area contributed by atoms with E-state index < -0.39 is 13.8 Å². The number of hydrogen-bond acceptors (Lipinski definition) is 7. The van der Waals surface area contributed by atoms with Crippen molar-refractivity contribution in [3.63, 3.8) is 0 Å². The Morgan fingerprint density at radius 2 is 1.83 bits per heavy atom. The second-order valence-electron chi connectivity index (χ2n) is 4.69. The highest BCUT2D eigenvalue weighted by Crippen LogP contribution is 2.49. The third-order valence-corrected chi connectivity index (χ3v) is 3.92. The Morgan fingerprint density at radius 1 is 1.17 bits per heavy atom. The largest absolute Gasteiger partial charge is 0.530 e. The fourth-order valence-corrected chi connectivity index (χ4v) is 2.55. The number of ether oxygens (including phenoxy) is 1. The van der Waals surface area contributed by atoms with Gasteiger partial charge < -0.3 is 14.2 Å².